The van der Waals surface area contributed by atoms with E-state index in [0.717, 1.165) is 23.9 Å². The van der Waals surface area contributed by atoms with Gasteiger partial charge >= 0.3 is 0 Å². The summed E-state index contributed by atoms with van der Waals surface area (Å²) in [5, 5.41) is 8.45. The molecule has 0 radical (unpaired) electrons. The fourth-order valence-electron chi connectivity index (χ4n) is 2.39. The fourth-order valence-corrected chi connectivity index (χ4v) is 2.39. The lowest BCUT2D eigenvalue weighted by Gasteiger charge is -2.06. The molecule has 0 spiro atoms. The van der Waals surface area contributed by atoms with Gasteiger partial charge < -0.3 is 5.32 Å². The summed E-state index contributed by atoms with van der Waals surface area (Å²) < 4.78 is 1.98. The van der Waals surface area contributed by atoms with Gasteiger partial charge in [-0.2, -0.15) is 5.10 Å². The van der Waals surface area contributed by atoms with Crippen molar-refractivity contribution in [1.82, 2.24) is 20.1 Å². The summed E-state index contributed by atoms with van der Waals surface area (Å²) in [7, 11) is 0. The van der Waals surface area contributed by atoms with Crippen LogP contribution in [0.3, 0.4) is 0 Å². The molecule has 0 bridgehead atoms. The highest BCUT2D eigenvalue weighted by Crippen LogP contribution is 2.15. The molecule has 5 heteroatoms. The van der Waals surface area contributed by atoms with E-state index in [-0.39, 0.29) is 5.91 Å². The average Bonchev–Trinajstić information content (AvgIpc) is 2.94. The van der Waals surface area contributed by atoms with Gasteiger partial charge in [0.15, 0.2) is 0 Å². The number of pyridine rings is 1. The predicted molar refractivity (Wildman–Crippen MR) is 85.7 cm³/mol. The third-order valence-electron chi connectivity index (χ3n) is 3.56. The van der Waals surface area contributed by atoms with E-state index in [9.17, 15) is 4.79 Å². The van der Waals surface area contributed by atoms with Gasteiger partial charge in [0.1, 0.15) is 0 Å². The number of amides is 1. The van der Waals surface area contributed by atoms with E-state index >= 15 is 0 Å². The number of nitrogens with zero attached hydrogens (tertiary/aromatic N) is 3. The standard InChI is InChI=1S/C17H18N4O/c1-13-5-6-14-12-20-21(16(14)10-13)9-3-8-19-17(22)15-4-2-7-18-11-15/h2,4-7,10-12H,3,8-9H2,1H3,(H,19,22). The molecule has 1 amide bonds. The normalized spacial score (nSPS) is 10.8. The summed E-state index contributed by atoms with van der Waals surface area (Å²) in [5.41, 5.74) is 2.94. The van der Waals surface area contributed by atoms with Gasteiger partial charge in [-0.05, 0) is 37.1 Å². The van der Waals surface area contributed by atoms with E-state index in [0.29, 0.717) is 12.1 Å². The molecule has 0 aliphatic heterocycles. The van der Waals surface area contributed by atoms with Crippen LogP contribution in [0.15, 0.2) is 48.9 Å². The predicted octanol–water partition coefficient (Wildman–Crippen LogP) is 2.56. The maximum atomic E-state index is 11.9. The Morgan fingerprint density at radius 2 is 2.18 bits per heavy atom. The van der Waals surface area contributed by atoms with E-state index in [1.54, 1.807) is 24.5 Å². The lowest BCUT2D eigenvalue weighted by Crippen LogP contribution is -2.25. The van der Waals surface area contributed by atoms with E-state index in [1.165, 1.54) is 5.56 Å². The Labute approximate surface area is 129 Å². The van der Waals surface area contributed by atoms with Gasteiger partial charge in [0.25, 0.3) is 5.91 Å². The van der Waals surface area contributed by atoms with Gasteiger partial charge in [0.05, 0.1) is 17.3 Å². The second-order valence-corrected chi connectivity index (χ2v) is 5.28. The van der Waals surface area contributed by atoms with Crippen molar-refractivity contribution in [1.29, 1.82) is 0 Å². The number of benzene rings is 1. The maximum Gasteiger partial charge on any atom is 0.252 e. The smallest absolute Gasteiger partial charge is 0.252 e. The second-order valence-electron chi connectivity index (χ2n) is 5.28. The van der Waals surface area contributed by atoms with E-state index in [4.69, 9.17) is 0 Å². The first-order valence-corrected chi connectivity index (χ1v) is 7.34. The fraction of sp³-hybridized carbons (Fsp3) is 0.235. The maximum absolute atomic E-state index is 11.9. The van der Waals surface area contributed by atoms with Gasteiger partial charge in [0, 0.05) is 30.9 Å². The van der Waals surface area contributed by atoms with Crippen LogP contribution in [-0.2, 0) is 6.54 Å². The van der Waals surface area contributed by atoms with Crippen LogP contribution in [0.2, 0.25) is 0 Å². The number of rotatable bonds is 5. The van der Waals surface area contributed by atoms with Crippen molar-refractivity contribution in [2.45, 2.75) is 19.9 Å². The Kier molecular flexibility index (Phi) is 4.14. The molecule has 0 aliphatic rings. The summed E-state index contributed by atoms with van der Waals surface area (Å²) in [6, 6.07) is 9.82. The molecule has 0 fully saturated rings. The number of aromatic nitrogens is 3. The van der Waals surface area contributed by atoms with Gasteiger partial charge in [-0.15, -0.1) is 0 Å². The molecule has 0 aliphatic carbocycles. The third-order valence-corrected chi connectivity index (χ3v) is 3.56. The minimum atomic E-state index is -0.0886. The average molecular weight is 294 g/mol. The SMILES string of the molecule is Cc1ccc2cnn(CCCNC(=O)c3cccnc3)c2c1. The molecule has 0 saturated heterocycles. The number of nitrogens with one attached hydrogen (secondary N) is 1. The Bertz CT molecular complexity index is 780. The van der Waals surface area contributed by atoms with Crippen molar-refractivity contribution < 1.29 is 4.79 Å². The van der Waals surface area contributed by atoms with Gasteiger partial charge in [-0.25, -0.2) is 0 Å². The van der Waals surface area contributed by atoms with Crippen LogP contribution >= 0.6 is 0 Å². The van der Waals surface area contributed by atoms with E-state index in [1.807, 2.05) is 10.9 Å². The first-order chi connectivity index (χ1) is 10.7. The zero-order valence-electron chi connectivity index (χ0n) is 12.5. The Hall–Kier alpha value is -2.69. The Morgan fingerprint density at radius 1 is 1.27 bits per heavy atom. The molecular weight excluding hydrogens is 276 g/mol. The quantitative estimate of drug-likeness (QED) is 0.736. The molecule has 0 atom stereocenters. The van der Waals surface area contributed by atoms with Crippen LogP contribution in [0, 0.1) is 6.92 Å². The largest absolute Gasteiger partial charge is 0.352 e. The van der Waals surface area contributed by atoms with Crippen LogP contribution in [0.5, 0.6) is 0 Å². The molecule has 0 unspecified atom stereocenters. The first-order valence-electron chi connectivity index (χ1n) is 7.34. The van der Waals surface area contributed by atoms with Crippen molar-refractivity contribution in [2.24, 2.45) is 0 Å². The van der Waals surface area contributed by atoms with Crippen molar-refractivity contribution in [3.05, 3.63) is 60.0 Å². The number of aryl methyl sites for hydroxylation is 2. The monoisotopic (exact) mass is 294 g/mol. The molecular formula is C17H18N4O. The summed E-state index contributed by atoms with van der Waals surface area (Å²) in [6.45, 7) is 3.46. The van der Waals surface area contributed by atoms with E-state index in [2.05, 4.69) is 40.5 Å². The number of fused-ring (bicyclic) bond motifs is 1. The minimum absolute atomic E-state index is 0.0886. The number of hydrogen-bond donors (Lipinski definition) is 1. The Balaban J connectivity index is 1.54. The Morgan fingerprint density at radius 3 is 3.00 bits per heavy atom. The molecule has 1 N–H and O–H groups in total. The number of hydrogen-bond acceptors (Lipinski definition) is 3. The molecule has 2 aromatic heterocycles. The van der Waals surface area contributed by atoms with Crippen LogP contribution in [0.25, 0.3) is 10.9 Å². The van der Waals surface area contributed by atoms with Crippen molar-refractivity contribution in [3.63, 3.8) is 0 Å². The molecule has 22 heavy (non-hydrogen) atoms. The molecule has 5 nitrogen and oxygen atoms in total. The minimum Gasteiger partial charge on any atom is -0.352 e. The number of carbonyl (C=O) groups is 1. The molecule has 3 aromatic rings. The van der Waals surface area contributed by atoms with Gasteiger partial charge in [-0.3, -0.25) is 14.5 Å². The highest BCUT2D eigenvalue weighted by Gasteiger charge is 2.05. The van der Waals surface area contributed by atoms with Crippen LogP contribution in [-0.4, -0.2) is 27.2 Å². The zero-order chi connectivity index (χ0) is 15.4. The first kappa shape index (κ1) is 14.3. The summed E-state index contributed by atoms with van der Waals surface area (Å²) >= 11 is 0. The third kappa shape index (κ3) is 3.14. The molecule has 2 heterocycles. The summed E-state index contributed by atoms with van der Waals surface area (Å²) in [5.74, 6) is -0.0886. The molecule has 3 rings (SSSR count). The van der Waals surface area contributed by atoms with Gasteiger partial charge in [0.2, 0.25) is 0 Å². The van der Waals surface area contributed by atoms with Gasteiger partial charge in [-0.1, -0.05) is 12.1 Å². The number of carbonyl (C=O) groups excluding carboxylic acids is 1. The van der Waals surface area contributed by atoms with Crippen LogP contribution in [0.1, 0.15) is 22.3 Å². The lowest BCUT2D eigenvalue weighted by molar-refractivity contribution is 0.0952. The van der Waals surface area contributed by atoms with Crippen LogP contribution < -0.4 is 5.32 Å². The molecule has 112 valence electrons. The van der Waals surface area contributed by atoms with Crippen molar-refractivity contribution in [2.75, 3.05) is 6.54 Å². The second kappa shape index (κ2) is 6.39. The molecule has 1 aromatic carbocycles. The molecule has 0 saturated carbocycles. The topological polar surface area (TPSA) is 59.8 Å². The highest BCUT2D eigenvalue weighted by molar-refractivity contribution is 5.93. The highest BCUT2D eigenvalue weighted by atomic mass is 16.1. The van der Waals surface area contributed by atoms with Crippen LogP contribution in [0.4, 0.5) is 0 Å². The van der Waals surface area contributed by atoms with E-state index < -0.39 is 0 Å². The summed E-state index contributed by atoms with van der Waals surface area (Å²) in [4.78, 5) is 15.8. The zero-order valence-corrected chi connectivity index (χ0v) is 12.5. The lowest BCUT2D eigenvalue weighted by atomic mass is 10.2. The van der Waals surface area contributed by atoms with Crippen molar-refractivity contribution in [3.8, 4) is 0 Å². The van der Waals surface area contributed by atoms with Crippen molar-refractivity contribution >= 4 is 16.8 Å². The summed E-state index contributed by atoms with van der Waals surface area (Å²) in [6.07, 6.45) is 5.93.